The van der Waals surface area contributed by atoms with E-state index >= 15 is 0 Å². The van der Waals surface area contributed by atoms with Crippen molar-refractivity contribution in [2.24, 2.45) is 0 Å². The number of amides is 1. The second-order valence-electron chi connectivity index (χ2n) is 6.94. The normalized spacial score (nSPS) is 17.2. The number of benzene rings is 2. The number of nitro groups is 1. The first kappa shape index (κ1) is 19.3. The summed E-state index contributed by atoms with van der Waals surface area (Å²) in [6, 6.07) is 11.9. The van der Waals surface area contributed by atoms with Gasteiger partial charge in [-0.25, -0.2) is 0 Å². The van der Waals surface area contributed by atoms with Crippen molar-refractivity contribution in [3.63, 3.8) is 0 Å². The number of rotatable bonds is 4. The Morgan fingerprint density at radius 1 is 1.07 bits per heavy atom. The second-order valence-corrected chi connectivity index (χ2v) is 7.31. The van der Waals surface area contributed by atoms with E-state index in [-0.39, 0.29) is 18.1 Å². The van der Waals surface area contributed by atoms with E-state index in [9.17, 15) is 14.9 Å². The predicted molar refractivity (Wildman–Crippen MR) is 115 cm³/mol. The third-order valence-electron chi connectivity index (χ3n) is 5.13. The highest BCUT2D eigenvalue weighted by molar-refractivity contribution is 7.81. The molecule has 2 fully saturated rings. The largest absolute Gasteiger partial charge is 0.378 e. The first-order chi connectivity index (χ1) is 14.0. The van der Waals surface area contributed by atoms with Gasteiger partial charge in [-0.3, -0.25) is 19.8 Å². The molecule has 0 bridgehead atoms. The fraction of sp³-hybridized carbons (Fsp3) is 0.300. The van der Waals surface area contributed by atoms with Crippen LogP contribution in [0.4, 0.5) is 22.7 Å². The Morgan fingerprint density at radius 3 is 2.34 bits per heavy atom. The first-order valence-electron chi connectivity index (χ1n) is 9.28. The van der Waals surface area contributed by atoms with Crippen LogP contribution < -0.4 is 14.7 Å². The van der Waals surface area contributed by atoms with Crippen molar-refractivity contribution < 1.29 is 14.5 Å². The Hall–Kier alpha value is -3.04. The minimum atomic E-state index is -0.473. The van der Waals surface area contributed by atoms with Crippen LogP contribution in [0.1, 0.15) is 5.56 Å². The van der Waals surface area contributed by atoms with Crippen LogP contribution in [0.5, 0.6) is 0 Å². The van der Waals surface area contributed by atoms with Crippen molar-refractivity contribution in [2.75, 3.05) is 47.5 Å². The number of ether oxygens (including phenoxy) is 1. The van der Waals surface area contributed by atoms with Gasteiger partial charge >= 0.3 is 0 Å². The monoisotopic (exact) mass is 412 g/mol. The Bertz CT molecular complexity index is 973. The van der Waals surface area contributed by atoms with Gasteiger partial charge in [0.25, 0.3) is 11.6 Å². The summed E-state index contributed by atoms with van der Waals surface area (Å²) in [4.78, 5) is 28.5. The summed E-state index contributed by atoms with van der Waals surface area (Å²) in [6.07, 6.45) is 0. The van der Waals surface area contributed by atoms with Gasteiger partial charge in [-0.15, -0.1) is 0 Å². The molecular formula is C20H20N4O4S. The Balaban J connectivity index is 1.56. The molecule has 2 heterocycles. The molecule has 150 valence electrons. The maximum Gasteiger partial charge on any atom is 0.269 e. The summed E-state index contributed by atoms with van der Waals surface area (Å²) in [5, 5.41) is 11.2. The first-order valence-corrected chi connectivity index (χ1v) is 9.69. The lowest BCUT2D eigenvalue weighted by Gasteiger charge is -2.31. The number of hydrogen-bond donors (Lipinski definition) is 0. The molecule has 2 aliphatic heterocycles. The number of non-ortho nitro benzene ring substituents is 1. The van der Waals surface area contributed by atoms with E-state index in [1.165, 1.54) is 17.0 Å². The highest BCUT2D eigenvalue weighted by Gasteiger charge is 2.35. The van der Waals surface area contributed by atoms with Crippen molar-refractivity contribution in [2.45, 2.75) is 6.92 Å². The molecule has 0 atom stereocenters. The zero-order valence-electron chi connectivity index (χ0n) is 15.9. The molecule has 29 heavy (non-hydrogen) atoms. The number of nitro benzene ring substituents is 1. The van der Waals surface area contributed by atoms with Gasteiger partial charge in [0.1, 0.15) is 6.54 Å². The molecule has 0 N–H and O–H groups in total. The van der Waals surface area contributed by atoms with Crippen LogP contribution in [-0.4, -0.2) is 48.8 Å². The minimum Gasteiger partial charge on any atom is -0.378 e. The lowest BCUT2D eigenvalue weighted by Crippen LogP contribution is -2.36. The summed E-state index contributed by atoms with van der Waals surface area (Å²) in [5.41, 5.74) is 3.60. The summed E-state index contributed by atoms with van der Waals surface area (Å²) in [7, 11) is 0. The molecule has 2 aliphatic rings. The van der Waals surface area contributed by atoms with Crippen LogP contribution in [0.25, 0.3) is 0 Å². The second kappa shape index (κ2) is 7.76. The lowest BCUT2D eigenvalue weighted by molar-refractivity contribution is -0.384. The summed E-state index contributed by atoms with van der Waals surface area (Å²) in [5.74, 6) is -0.168. The van der Waals surface area contributed by atoms with Crippen molar-refractivity contribution >= 4 is 46.0 Å². The molecule has 9 heteroatoms. The minimum absolute atomic E-state index is 0.0301. The van der Waals surface area contributed by atoms with Gasteiger partial charge in [-0.05, 0) is 55.0 Å². The van der Waals surface area contributed by atoms with Gasteiger partial charge in [0.05, 0.1) is 23.8 Å². The Kier molecular flexibility index (Phi) is 5.16. The average molecular weight is 412 g/mol. The SMILES string of the molecule is Cc1cc(N2CC(=O)N(c3ccc([N+](=O)[O-])cc3)C2=S)ccc1N1CCOCC1. The maximum atomic E-state index is 12.6. The third kappa shape index (κ3) is 3.66. The van der Waals surface area contributed by atoms with Crippen molar-refractivity contribution in [1.29, 1.82) is 0 Å². The van der Waals surface area contributed by atoms with Gasteiger partial charge in [-0.2, -0.15) is 0 Å². The molecule has 0 radical (unpaired) electrons. The zero-order valence-corrected chi connectivity index (χ0v) is 16.7. The Labute approximate surface area is 173 Å². The van der Waals surface area contributed by atoms with E-state index in [2.05, 4.69) is 11.0 Å². The van der Waals surface area contributed by atoms with Crippen LogP contribution in [0, 0.1) is 17.0 Å². The van der Waals surface area contributed by atoms with E-state index in [4.69, 9.17) is 17.0 Å². The number of nitrogens with zero attached hydrogens (tertiary/aromatic N) is 4. The van der Waals surface area contributed by atoms with Gasteiger partial charge in [-0.1, -0.05) is 0 Å². The third-order valence-corrected chi connectivity index (χ3v) is 5.53. The van der Waals surface area contributed by atoms with Crippen LogP contribution in [-0.2, 0) is 9.53 Å². The van der Waals surface area contributed by atoms with E-state index in [1.807, 2.05) is 19.1 Å². The predicted octanol–water partition coefficient (Wildman–Crippen LogP) is 2.88. The molecule has 0 saturated carbocycles. The van der Waals surface area contributed by atoms with Crippen LogP contribution in [0.2, 0.25) is 0 Å². The number of morpholine rings is 1. The van der Waals surface area contributed by atoms with Gasteiger partial charge < -0.3 is 14.5 Å². The number of anilines is 3. The van der Waals surface area contributed by atoms with Crippen LogP contribution in [0.15, 0.2) is 42.5 Å². The van der Waals surface area contributed by atoms with Gasteiger partial charge in [0.2, 0.25) is 0 Å². The summed E-state index contributed by atoms with van der Waals surface area (Å²) < 4.78 is 5.42. The summed E-state index contributed by atoms with van der Waals surface area (Å²) in [6.45, 7) is 5.32. The van der Waals surface area contributed by atoms with Crippen molar-refractivity contribution in [3.05, 3.63) is 58.1 Å². The molecule has 2 aromatic carbocycles. The van der Waals surface area contributed by atoms with Gasteiger partial charge in [0, 0.05) is 36.6 Å². The zero-order chi connectivity index (χ0) is 20.5. The van der Waals surface area contributed by atoms with E-state index in [1.54, 1.807) is 17.0 Å². The topological polar surface area (TPSA) is 79.2 Å². The molecule has 2 saturated heterocycles. The molecule has 0 unspecified atom stereocenters. The number of thiocarbonyl (C=S) groups is 1. The fourth-order valence-corrected chi connectivity index (χ4v) is 4.02. The number of hydrogen-bond acceptors (Lipinski definition) is 6. The molecule has 1 amide bonds. The Morgan fingerprint density at radius 2 is 1.72 bits per heavy atom. The van der Waals surface area contributed by atoms with Crippen LogP contribution >= 0.6 is 12.2 Å². The van der Waals surface area contributed by atoms with Crippen molar-refractivity contribution in [1.82, 2.24) is 0 Å². The molecule has 8 nitrogen and oxygen atoms in total. The molecular weight excluding hydrogens is 392 g/mol. The number of carbonyl (C=O) groups is 1. The quantitative estimate of drug-likeness (QED) is 0.434. The van der Waals surface area contributed by atoms with E-state index < -0.39 is 4.92 Å². The van der Waals surface area contributed by atoms with E-state index in [0.717, 1.165) is 43.2 Å². The molecule has 0 aromatic heterocycles. The highest BCUT2D eigenvalue weighted by Crippen LogP contribution is 2.31. The summed E-state index contributed by atoms with van der Waals surface area (Å²) >= 11 is 5.56. The molecule has 0 spiro atoms. The smallest absolute Gasteiger partial charge is 0.269 e. The number of aryl methyl sites for hydroxylation is 1. The van der Waals surface area contributed by atoms with Gasteiger partial charge in [0.15, 0.2) is 5.11 Å². The van der Waals surface area contributed by atoms with Crippen molar-refractivity contribution in [3.8, 4) is 0 Å². The lowest BCUT2D eigenvalue weighted by atomic mass is 10.1. The van der Waals surface area contributed by atoms with Crippen LogP contribution in [0.3, 0.4) is 0 Å². The van der Waals surface area contributed by atoms with E-state index in [0.29, 0.717) is 10.8 Å². The molecule has 4 rings (SSSR count). The fourth-order valence-electron chi connectivity index (χ4n) is 3.65. The highest BCUT2D eigenvalue weighted by atomic mass is 32.1. The standard InChI is InChI=1S/C20H20N4O4S/c1-14-12-17(6-7-18(14)21-8-10-28-11-9-21)22-13-19(25)23(20(22)29)15-2-4-16(5-3-15)24(26)27/h2-7,12H,8-11,13H2,1H3. The number of carbonyl (C=O) groups excluding carboxylic acids is 1. The molecule has 0 aliphatic carbocycles. The average Bonchev–Trinajstić information content (AvgIpc) is 3.02. The molecule has 2 aromatic rings. The maximum absolute atomic E-state index is 12.6.